The summed E-state index contributed by atoms with van der Waals surface area (Å²) in [5, 5.41) is 11.6. The predicted molar refractivity (Wildman–Crippen MR) is 51.5 cm³/mol. The van der Waals surface area contributed by atoms with Gasteiger partial charge in [0.1, 0.15) is 5.82 Å². The highest BCUT2D eigenvalue weighted by atomic mass is 32.1. The summed E-state index contributed by atoms with van der Waals surface area (Å²) >= 11 is 5.05. The first-order valence-corrected chi connectivity index (χ1v) is 4.33. The number of aryl methyl sites for hydroxylation is 2. The van der Waals surface area contributed by atoms with Crippen molar-refractivity contribution in [2.45, 2.75) is 13.8 Å². The topological polar surface area (TPSA) is 55.8 Å². The summed E-state index contributed by atoms with van der Waals surface area (Å²) in [5.74, 6) is 0.658. The smallest absolute Gasteiger partial charge is 0.296 e. The van der Waals surface area contributed by atoms with Crippen LogP contribution in [0.1, 0.15) is 12.7 Å². The molecule has 0 spiro atoms. The van der Waals surface area contributed by atoms with E-state index >= 15 is 0 Å². The van der Waals surface area contributed by atoms with Crippen LogP contribution in [0.3, 0.4) is 0 Å². The quantitative estimate of drug-likeness (QED) is 0.419. The average Bonchev–Trinajstić information content (AvgIpc) is 2.27. The highest BCUT2D eigenvalue weighted by molar-refractivity contribution is 7.71. The van der Waals surface area contributed by atoms with E-state index in [4.69, 9.17) is 22.4 Å². The molecule has 1 aromatic heterocycles. The maximum Gasteiger partial charge on any atom is 0.296 e. The van der Waals surface area contributed by atoms with Gasteiger partial charge in [0.05, 0.1) is 6.61 Å². The standard InChI is InChI=1S/C7H12N4OS/c1-4-12-6(8)11-5(2)9-10(3)7(11)13/h8H,4H2,1-3H3. The third-order valence-electron chi connectivity index (χ3n) is 1.57. The van der Waals surface area contributed by atoms with Gasteiger partial charge in [0.15, 0.2) is 0 Å². The zero-order valence-electron chi connectivity index (χ0n) is 7.87. The molecule has 0 amide bonds. The molecule has 0 atom stereocenters. The molecule has 0 aliphatic heterocycles. The van der Waals surface area contributed by atoms with Gasteiger partial charge in [-0.15, -0.1) is 0 Å². The predicted octanol–water partition coefficient (Wildman–Crippen LogP) is 1.08. The van der Waals surface area contributed by atoms with Crippen molar-refractivity contribution in [3.05, 3.63) is 10.6 Å². The van der Waals surface area contributed by atoms with Crippen molar-refractivity contribution in [2.24, 2.45) is 7.05 Å². The first kappa shape index (κ1) is 9.91. The summed E-state index contributed by atoms with van der Waals surface area (Å²) < 4.78 is 8.52. The van der Waals surface area contributed by atoms with E-state index in [0.29, 0.717) is 17.2 Å². The summed E-state index contributed by atoms with van der Waals surface area (Å²) in [6.07, 6.45) is 0. The lowest BCUT2D eigenvalue weighted by molar-refractivity contribution is 0.308. The molecule has 0 aromatic carbocycles. The van der Waals surface area contributed by atoms with Crippen LogP contribution in [0.5, 0.6) is 0 Å². The molecule has 6 heteroatoms. The zero-order valence-corrected chi connectivity index (χ0v) is 8.68. The molecular weight excluding hydrogens is 188 g/mol. The minimum Gasteiger partial charge on any atom is -0.465 e. The molecule has 0 radical (unpaired) electrons. The van der Waals surface area contributed by atoms with Crippen LogP contribution >= 0.6 is 12.2 Å². The highest BCUT2D eigenvalue weighted by Crippen LogP contribution is 1.99. The Morgan fingerprint density at radius 2 is 2.31 bits per heavy atom. The lowest BCUT2D eigenvalue weighted by atomic mass is 10.7. The summed E-state index contributed by atoms with van der Waals surface area (Å²) in [4.78, 5) is 0. The molecule has 0 bridgehead atoms. The molecule has 0 aliphatic carbocycles. The molecule has 0 unspecified atom stereocenters. The molecule has 72 valence electrons. The van der Waals surface area contributed by atoms with E-state index < -0.39 is 0 Å². The van der Waals surface area contributed by atoms with Crippen molar-refractivity contribution >= 4 is 18.2 Å². The van der Waals surface area contributed by atoms with Crippen LogP contribution in [0.2, 0.25) is 0 Å². The van der Waals surface area contributed by atoms with Gasteiger partial charge in [0, 0.05) is 7.05 Å². The number of hydrogen-bond acceptors (Lipinski definition) is 4. The molecule has 0 fully saturated rings. The second kappa shape index (κ2) is 3.69. The van der Waals surface area contributed by atoms with Crippen molar-refractivity contribution in [1.29, 1.82) is 5.41 Å². The fourth-order valence-corrected chi connectivity index (χ4v) is 1.28. The molecule has 5 nitrogen and oxygen atoms in total. The largest absolute Gasteiger partial charge is 0.465 e. The van der Waals surface area contributed by atoms with Gasteiger partial charge in [0.25, 0.3) is 6.02 Å². The monoisotopic (exact) mass is 200 g/mol. The Kier molecular flexibility index (Phi) is 2.82. The van der Waals surface area contributed by atoms with Crippen molar-refractivity contribution in [3.8, 4) is 0 Å². The van der Waals surface area contributed by atoms with E-state index in [2.05, 4.69) is 5.10 Å². The Bertz CT molecular complexity index is 378. The van der Waals surface area contributed by atoms with Gasteiger partial charge in [-0.05, 0) is 26.1 Å². The fourth-order valence-electron chi connectivity index (χ4n) is 1.02. The number of aromatic nitrogens is 3. The molecule has 13 heavy (non-hydrogen) atoms. The van der Waals surface area contributed by atoms with Crippen LogP contribution in [-0.2, 0) is 11.8 Å². The molecular formula is C7H12N4OS. The molecule has 0 saturated carbocycles. The Balaban J connectivity index is 3.14. The number of nitrogens with zero attached hydrogens (tertiary/aromatic N) is 3. The second-order valence-corrected chi connectivity index (χ2v) is 2.89. The first-order valence-electron chi connectivity index (χ1n) is 3.92. The third kappa shape index (κ3) is 1.77. The second-order valence-electron chi connectivity index (χ2n) is 2.53. The molecule has 1 aromatic rings. The van der Waals surface area contributed by atoms with Gasteiger partial charge < -0.3 is 4.74 Å². The van der Waals surface area contributed by atoms with Gasteiger partial charge in [-0.3, -0.25) is 5.41 Å². The summed E-state index contributed by atoms with van der Waals surface area (Å²) in [6.45, 7) is 4.06. The maximum atomic E-state index is 7.55. The molecule has 0 aliphatic rings. The molecule has 1 N–H and O–H groups in total. The summed E-state index contributed by atoms with van der Waals surface area (Å²) in [5.41, 5.74) is 0. The number of ether oxygens (including phenoxy) is 1. The van der Waals surface area contributed by atoms with Crippen molar-refractivity contribution in [1.82, 2.24) is 14.3 Å². The minimum atomic E-state index is 0.0260. The van der Waals surface area contributed by atoms with Crippen molar-refractivity contribution in [2.75, 3.05) is 6.61 Å². The van der Waals surface area contributed by atoms with Crippen LogP contribution in [0.15, 0.2) is 0 Å². The van der Waals surface area contributed by atoms with Gasteiger partial charge in [-0.25, -0.2) is 9.25 Å². The average molecular weight is 200 g/mol. The normalized spacial score (nSPS) is 10.1. The number of nitrogens with one attached hydrogen (secondary N) is 1. The van der Waals surface area contributed by atoms with Crippen molar-refractivity contribution in [3.63, 3.8) is 0 Å². The van der Waals surface area contributed by atoms with Crippen LogP contribution in [-0.4, -0.2) is 27.0 Å². The molecule has 0 saturated heterocycles. The summed E-state index contributed by atoms with van der Waals surface area (Å²) in [6, 6.07) is 0.0260. The van der Waals surface area contributed by atoms with E-state index in [0.717, 1.165) is 0 Å². The lowest BCUT2D eigenvalue weighted by Crippen LogP contribution is -2.16. The van der Waals surface area contributed by atoms with Gasteiger partial charge in [-0.2, -0.15) is 5.10 Å². The van der Waals surface area contributed by atoms with Gasteiger partial charge in [-0.1, -0.05) is 0 Å². The van der Waals surface area contributed by atoms with E-state index in [1.54, 1.807) is 14.0 Å². The SMILES string of the molecule is CCOC(=N)n1c(C)nn(C)c1=S. The Morgan fingerprint density at radius 1 is 1.69 bits per heavy atom. The van der Waals surface area contributed by atoms with Gasteiger partial charge in [0.2, 0.25) is 4.77 Å². The Hall–Kier alpha value is -1.17. The van der Waals surface area contributed by atoms with E-state index in [1.165, 1.54) is 9.25 Å². The van der Waals surface area contributed by atoms with Crippen molar-refractivity contribution < 1.29 is 4.74 Å². The van der Waals surface area contributed by atoms with Gasteiger partial charge >= 0.3 is 0 Å². The molecule has 1 rings (SSSR count). The zero-order chi connectivity index (χ0) is 10.0. The van der Waals surface area contributed by atoms with E-state index in [9.17, 15) is 0 Å². The van der Waals surface area contributed by atoms with Crippen LogP contribution in [0, 0.1) is 17.1 Å². The van der Waals surface area contributed by atoms with E-state index in [-0.39, 0.29) is 6.02 Å². The number of hydrogen-bond donors (Lipinski definition) is 1. The first-order chi connectivity index (χ1) is 6.07. The highest BCUT2D eigenvalue weighted by Gasteiger charge is 2.09. The van der Waals surface area contributed by atoms with E-state index in [1.807, 2.05) is 6.92 Å². The lowest BCUT2D eigenvalue weighted by Gasteiger charge is -2.05. The van der Waals surface area contributed by atoms with Crippen LogP contribution < -0.4 is 0 Å². The third-order valence-corrected chi connectivity index (χ3v) is 2.02. The molecule has 1 heterocycles. The Labute approximate surface area is 81.5 Å². The Morgan fingerprint density at radius 3 is 2.69 bits per heavy atom. The maximum absolute atomic E-state index is 7.55. The summed E-state index contributed by atoms with van der Waals surface area (Å²) in [7, 11) is 1.74. The fraction of sp³-hybridized carbons (Fsp3) is 0.571. The van der Waals surface area contributed by atoms with Crippen LogP contribution in [0.4, 0.5) is 0 Å². The number of rotatable bonds is 1. The minimum absolute atomic E-state index is 0.0260. The van der Waals surface area contributed by atoms with Crippen LogP contribution in [0.25, 0.3) is 0 Å².